The molecule has 0 amide bonds. The van der Waals surface area contributed by atoms with E-state index in [2.05, 4.69) is 17.1 Å². The van der Waals surface area contributed by atoms with Gasteiger partial charge in [0.25, 0.3) is 0 Å². The van der Waals surface area contributed by atoms with E-state index in [1.807, 2.05) is 19.1 Å². The van der Waals surface area contributed by atoms with E-state index in [0.29, 0.717) is 5.92 Å². The fraction of sp³-hybridized carbons (Fsp3) is 0.667. The van der Waals surface area contributed by atoms with E-state index in [1.54, 1.807) is 6.07 Å². The number of nitrogens with zero attached hydrogens (tertiary/aromatic N) is 1. The summed E-state index contributed by atoms with van der Waals surface area (Å²) in [5.41, 5.74) is 1.91. The number of anilines is 1. The number of hydrogen-bond donors (Lipinski definition) is 1. The van der Waals surface area contributed by atoms with E-state index in [1.165, 1.54) is 6.42 Å². The molecule has 1 atom stereocenters. The fourth-order valence-electron chi connectivity index (χ4n) is 3.00. The molecule has 1 heterocycles. The van der Waals surface area contributed by atoms with Gasteiger partial charge in [-0.05, 0) is 56.3 Å². The zero-order valence-corrected chi connectivity index (χ0v) is 13.9. The number of hydrogen-bond acceptors (Lipinski definition) is 3. The van der Waals surface area contributed by atoms with Crippen LogP contribution < -0.4 is 10.2 Å². The normalized spacial score (nSPS) is 18.7. The SMILES string of the molecule is CCOCCCNCc1ccc(F)c(N2CCCC(C)C2)c1. The highest BCUT2D eigenvalue weighted by molar-refractivity contribution is 5.50. The van der Waals surface area contributed by atoms with Crippen LogP contribution in [0.15, 0.2) is 18.2 Å². The first kappa shape index (κ1) is 17.2. The molecule has 1 aromatic carbocycles. The molecule has 3 nitrogen and oxygen atoms in total. The van der Waals surface area contributed by atoms with Gasteiger partial charge in [-0.2, -0.15) is 0 Å². The molecule has 0 spiro atoms. The first-order valence-electron chi connectivity index (χ1n) is 8.52. The summed E-state index contributed by atoms with van der Waals surface area (Å²) in [5.74, 6) is 0.544. The Morgan fingerprint density at radius 2 is 2.27 bits per heavy atom. The van der Waals surface area contributed by atoms with Gasteiger partial charge in [0.2, 0.25) is 0 Å². The van der Waals surface area contributed by atoms with Crippen molar-refractivity contribution >= 4 is 5.69 Å². The van der Waals surface area contributed by atoms with Gasteiger partial charge in [0.05, 0.1) is 5.69 Å². The maximum atomic E-state index is 14.1. The van der Waals surface area contributed by atoms with Crippen LogP contribution in [0.1, 0.15) is 38.7 Å². The van der Waals surface area contributed by atoms with Gasteiger partial charge in [0.15, 0.2) is 0 Å². The van der Waals surface area contributed by atoms with Crippen LogP contribution in [0.3, 0.4) is 0 Å². The predicted octanol–water partition coefficient (Wildman–Crippen LogP) is 3.58. The number of halogens is 1. The van der Waals surface area contributed by atoms with Crippen LogP contribution in [0.2, 0.25) is 0 Å². The van der Waals surface area contributed by atoms with E-state index in [4.69, 9.17) is 4.74 Å². The Kier molecular flexibility index (Phi) is 7.13. The lowest BCUT2D eigenvalue weighted by Crippen LogP contribution is -2.34. The summed E-state index contributed by atoms with van der Waals surface area (Å²) in [7, 11) is 0. The lowest BCUT2D eigenvalue weighted by atomic mass is 9.99. The quantitative estimate of drug-likeness (QED) is 0.743. The largest absolute Gasteiger partial charge is 0.382 e. The van der Waals surface area contributed by atoms with Crippen LogP contribution in [-0.4, -0.2) is 32.8 Å². The molecule has 1 saturated heterocycles. The number of rotatable bonds is 8. The van der Waals surface area contributed by atoms with Crippen LogP contribution >= 0.6 is 0 Å². The molecule has 1 aliphatic rings. The molecule has 1 unspecified atom stereocenters. The van der Waals surface area contributed by atoms with E-state index in [9.17, 15) is 4.39 Å². The third kappa shape index (κ3) is 5.25. The molecule has 0 aromatic heterocycles. The molecule has 0 radical (unpaired) electrons. The van der Waals surface area contributed by atoms with Gasteiger partial charge in [-0.1, -0.05) is 13.0 Å². The van der Waals surface area contributed by atoms with Crippen LogP contribution in [0.25, 0.3) is 0 Å². The molecule has 1 fully saturated rings. The molecule has 1 aromatic rings. The number of piperidine rings is 1. The van der Waals surface area contributed by atoms with Gasteiger partial charge < -0.3 is 15.0 Å². The van der Waals surface area contributed by atoms with Gasteiger partial charge in [-0.25, -0.2) is 4.39 Å². The average molecular weight is 308 g/mol. The molecule has 0 aliphatic carbocycles. The summed E-state index contributed by atoms with van der Waals surface area (Å²) in [4.78, 5) is 2.20. The van der Waals surface area contributed by atoms with E-state index in [0.717, 1.165) is 63.5 Å². The first-order chi connectivity index (χ1) is 10.7. The van der Waals surface area contributed by atoms with Crippen molar-refractivity contribution in [1.29, 1.82) is 0 Å². The van der Waals surface area contributed by atoms with Crippen molar-refractivity contribution < 1.29 is 9.13 Å². The Bertz CT molecular complexity index is 453. The number of ether oxygens (including phenoxy) is 1. The Labute approximate surface area is 133 Å². The molecular formula is C18H29FN2O. The van der Waals surface area contributed by atoms with Crippen LogP contribution in [0.5, 0.6) is 0 Å². The zero-order chi connectivity index (χ0) is 15.8. The van der Waals surface area contributed by atoms with Crippen LogP contribution in [0.4, 0.5) is 10.1 Å². The highest BCUT2D eigenvalue weighted by Gasteiger charge is 2.19. The monoisotopic (exact) mass is 308 g/mol. The molecule has 124 valence electrons. The third-order valence-corrected chi connectivity index (χ3v) is 4.18. The molecular weight excluding hydrogens is 279 g/mol. The van der Waals surface area contributed by atoms with Gasteiger partial charge in [-0.15, -0.1) is 0 Å². The minimum Gasteiger partial charge on any atom is -0.382 e. The molecule has 0 bridgehead atoms. The summed E-state index contributed by atoms with van der Waals surface area (Å²) in [6, 6.07) is 5.48. The van der Waals surface area contributed by atoms with Crippen molar-refractivity contribution in [2.75, 3.05) is 37.7 Å². The second-order valence-electron chi connectivity index (χ2n) is 6.21. The maximum absolute atomic E-state index is 14.1. The molecule has 0 saturated carbocycles. The lowest BCUT2D eigenvalue weighted by Gasteiger charge is -2.33. The fourth-order valence-corrected chi connectivity index (χ4v) is 3.00. The summed E-state index contributed by atoms with van der Waals surface area (Å²) >= 11 is 0. The highest BCUT2D eigenvalue weighted by Crippen LogP contribution is 2.26. The highest BCUT2D eigenvalue weighted by atomic mass is 19.1. The van der Waals surface area contributed by atoms with Crippen LogP contribution in [-0.2, 0) is 11.3 Å². The minimum atomic E-state index is -0.103. The van der Waals surface area contributed by atoms with E-state index < -0.39 is 0 Å². The summed E-state index contributed by atoms with van der Waals surface area (Å²) < 4.78 is 19.4. The second-order valence-corrected chi connectivity index (χ2v) is 6.21. The van der Waals surface area contributed by atoms with E-state index in [-0.39, 0.29) is 5.82 Å². The molecule has 1 aliphatic heterocycles. The summed E-state index contributed by atoms with van der Waals surface area (Å²) in [6.45, 7) is 9.45. The Morgan fingerprint density at radius 3 is 3.05 bits per heavy atom. The first-order valence-corrected chi connectivity index (χ1v) is 8.52. The summed E-state index contributed by atoms with van der Waals surface area (Å²) in [6.07, 6.45) is 3.41. The van der Waals surface area contributed by atoms with Gasteiger partial charge in [-0.3, -0.25) is 0 Å². The summed E-state index contributed by atoms with van der Waals surface area (Å²) in [5, 5.41) is 3.40. The van der Waals surface area contributed by atoms with Crippen molar-refractivity contribution in [3.8, 4) is 0 Å². The van der Waals surface area contributed by atoms with Crippen molar-refractivity contribution in [2.45, 2.75) is 39.7 Å². The van der Waals surface area contributed by atoms with Gasteiger partial charge in [0.1, 0.15) is 5.82 Å². The molecule has 4 heteroatoms. The average Bonchev–Trinajstić information content (AvgIpc) is 2.52. The minimum absolute atomic E-state index is 0.103. The topological polar surface area (TPSA) is 24.5 Å². The molecule has 22 heavy (non-hydrogen) atoms. The zero-order valence-electron chi connectivity index (χ0n) is 13.9. The Balaban J connectivity index is 1.86. The second kappa shape index (κ2) is 9.11. The number of benzene rings is 1. The number of nitrogens with one attached hydrogen (secondary N) is 1. The van der Waals surface area contributed by atoms with Crippen molar-refractivity contribution in [2.24, 2.45) is 5.92 Å². The lowest BCUT2D eigenvalue weighted by molar-refractivity contribution is 0.144. The predicted molar refractivity (Wildman–Crippen MR) is 89.8 cm³/mol. The van der Waals surface area contributed by atoms with Crippen molar-refractivity contribution in [3.63, 3.8) is 0 Å². The van der Waals surface area contributed by atoms with Crippen molar-refractivity contribution in [3.05, 3.63) is 29.6 Å². The Morgan fingerprint density at radius 1 is 1.41 bits per heavy atom. The van der Waals surface area contributed by atoms with E-state index >= 15 is 0 Å². The standard InChI is InChI=1S/C18H29FN2O/c1-3-22-11-5-9-20-13-16-7-8-17(19)18(12-16)21-10-4-6-15(2)14-21/h7-8,12,15,20H,3-6,9-11,13-14H2,1-2H3. The van der Waals surface area contributed by atoms with Crippen molar-refractivity contribution in [1.82, 2.24) is 5.32 Å². The molecule has 2 rings (SSSR count). The third-order valence-electron chi connectivity index (χ3n) is 4.18. The Hall–Kier alpha value is -1.13. The smallest absolute Gasteiger partial charge is 0.146 e. The van der Waals surface area contributed by atoms with Crippen LogP contribution in [0, 0.1) is 11.7 Å². The van der Waals surface area contributed by atoms with Gasteiger partial charge >= 0.3 is 0 Å². The maximum Gasteiger partial charge on any atom is 0.146 e. The molecule has 1 N–H and O–H groups in total. The van der Waals surface area contributed by atoms with Gasteiger partial charge in [0, 0.05) is 32.8 Å².